The smallest absolute Gasteiger partial charge is 0.188 e. The molecule has 1 fully saturated rings. The van der Waals surface area contributed by atoms with E-state index in [9.17, 15) is 0 Å². The summed E-state index contributed by atoms with van der Waals surface area (Å²) >= 11 is 0. The number of aliphatic imine (C=N–C) groups is 1. The van der Waals surface area contributed by atoms with E-state index in [4.69, 9.17) is 10.5 Å². The number of nitrogens with zero attached hydrogens (tertiary/aromatic N) is 2. The number of halogens is 1. The summed E-state index contributed by atoms with van der Waals surface area (Å²) in [7, 11) is 1.76. The van der Waals surface area contributed by atoms with Crippen LogP contribution in [0, 0.1) is 0 Å². The molecule has 1 aliphatic rings. The van der Waals surface area contributed by atoms with Crippen LogP contribution in [0.5, 0.6) is 0 Å². The summed E-state index contributed by atoms with van der Waals surface area (Å²) < 4.78 is 5.16. The van der Waals surface area contributed by atoms with Crippen LogP contribution in [0.4, 0.5) is 0 Å². The quantitative estimate of drug-likeness (QED) is 0.212. The fourth-order valence-electron chi connectivity index (χ4n) is 2.99. The van der Waals surface area contributed by atoms with Gasteiger partial charge in [0, 0.05) is 26.2 Å². The topological polar surface area (TPSA) is 62.9 Å². The summed E-state index contributed by atoms with van der Waals surface area (Å²) in [6.07, 6.45) is 10.3. The number of unbranched alkanes of at least 4 members (excludes halogenated alkanes) is 5. The number of hydrogen-bond acceptors (Lipinski definition) is 3. The van der Waals surface area contributed by atoms with Crippen LogP contribution in [0.2, 0.25) is 0 Å². The van der Waals surface area contributed by atoms with Crippen molar-refractivity contribution in [2.24, 2.45) is 10.7 Å². The van der Waals surface area contributed by atoms with Gasteiger partial charge < -0.3 is 15.8 Å². The van der Waals surface area contributed by atoms with Gasteiger partial charge in [-0.1, -0.05) is 39.0 Å². The SMILES string of the molecule is CCCCCCCCNC(N)=NCC1CCCN1CCOC.I. The number of rotatable bonds is 12. The van der Waals surface area contributed by atoms with E-state index in [1.165, 1.54) is 51.4 Å². The largest absolute Gasteiger partial charge is 0.383 e. The predicted molar refractivity (Wildman–Crippen MR) is 110 cm³/mol. The molecule has 1 heterocycles. The second kappa shape index (κ2) is 15.4. The lowest BCUT2D eigenvalue weighted by Crippen LogP contribution is -2.37. The Bertz CT molecular complexity index is 302. The summed E-state index contributed by atoms with van der Waals surface area (Å²) in [5.41, 5.74) is 5.96. The molecule has 1 atom stereocenters. The van der Waals surface area contributed by atoms with Crippen LogP contribution in [0.3, 0.4) is 0 Å². The van der Waals surface area contributed by atoms with Gasteiger partial charge in [-0.15, -0.1) is 24.0 Å². The Balaban J connectivity index is 0.00000484. The van der Waals surface area contributed by atoms with Crippen LogP contribution in [-0.2, 0) is 4.74 Å². The lowest BCUT2D eigenvalue weighted by atomic mass is 10.1. The van der Waals surface area contributed by atoms with Crippen LogP contribution >= 0.6 is 24.0 Å². The van der Waals surface area contributed by atoms with Gasteiger partial charge in [0.1, 0.15) is 0 Å². The Morgan fingerprint density at radius 1 is 1.26 bits per heavy atom. The van der Waals surface area contributed by atoms with E-state index >= 15 is 0 Å². The van der Waals surface area contributed by atoms with E-state index in [2.05, 4.69) is 22.1 Å². The van der Waals surface area contributed by atoms with Crippen molar-refractivity contribution in [3.63, 3.8) is 0 Å². The van der Waals surface area contributed by atoms with E-state index in [1.54, 1.807) is 7.11 Å². The number of guanidine groups is 1. The van der Waals surface area contributed by atoms with Crippen molar-refractivity contribution in [2.45, 2.75) is 64.3 Å². The van der Waals surface area contributed by atoms with E-state index in [-0.39, 0.29) is 24.0 Å². The first-order chi connectivity index (χ1) is 10.8. The molecular weight excluding hydrogens is 403 g/mol. The standard InChI is InChI=1S/C17H36N4O.HI/c1-3-4-5-6-7-8-11-19-17(18)20-15-16-10-9-12-21(16)13-14-22-2;/h16H,3-15H2,1-2H3,(H3,18,19,20);1H. The average Bonchev–Trinajstić information content (AvgIpc) is 2.97. The fourth-order valence-corrected chi connectivity index (χ4v) is 2.99. The first-order valence-corrected chi connectivity index (χ1v) is 9.04. The molecule has 23 heavy (non-hydrogen) atoms. The third-order valence-electron chi connectivity index (χ3n) is 4.39. The molecule has 0 aromatic heterocycles. The minimum absolute atomic E-state index is 0. The fraction of sp³-hybridized carbons (Fsp3) is 0.941. The van der Waals surface area contributed by atoms with Crippen molar-refractivity contribution < 1.29 is 4.74 Å². The molecule has 0 aromatic rings. The van der Waals surface area contributed by atoms with Crippen molar-refractivity contribution in [3.8, 4) is 0 Å². The Morgan fingerprint density at radius 3 is 2.74 bits per heavy atom. The monoisotopic (exact) mass is 440 g/mol. The Hall–Kier alpha value is -0.0800. The summed E-state index contributed by atoms with van der Waals surface area (Å²) in [5, 5.41) is 3.24. The Morgan fingerprint density at radius 2 is 2.00 bits per heavy atom. The van der Waals surface area contributed by atoms with Crippen molar-refractivity contribution in [1.82, 2.24) is 10.2 Å². The normalized spacial score (nSPS) is 18.9. The van der Waals surface area contributed by atoms with Crippen molar-refractivity contribution in [2.75, 3.05) is 39.9 Å². The number of likely N-dealkylation sites (tertiary alicyclic amines) is 1. The maximum Gasteiger partial charge on any atom is 0.188 e. The molecule has 6 heteroatoms. The minimum Gasteiger partial charge on any atom is -0.383 e. The number of nitrogens with two attached hydrogens (primary N) is 1. The third kappa shape index (κ3) is 11.2. The summed E-state index contributed by atoms with van der Waals surface area (Å²) in [5.74, 6) is 0.604. The lowest BCUT2D eigenvalue weighted by molar-refractivity contribution is 0.143. The van der Waals surface area contributed by atoms with Gasteiger partial charge in [0.2, 0.25) is 0 Å². The van der Waals surface area contributed by atoms with Gasteiger partial charge in [-0.25, -0.2) is 0 Å². The molecule has 1 rings (SSSR count). The summed E-state index contributed by atoms with van der Waals surface area (Å²) in [6, 6.07) is 0.532. The highest BCUT2D eigenvalue weighted by Crippen LogP contribution is 2.16. The van der Waals surface area contributed by atoms with E-state index in [0.29, 0.717) is 12.0 Å². The molecule has 0 aliphatic carbocycles. The number of methoxy groups -OCH3 is 1. The van der Waals surface area contributed by atoms with Gasteiger partial charge in [0.05, 0.1) is 13.2 Å². The maximum absolute atomic E-state index is 5.96. The third-order valence-corrected chi connectivity index (χ3v) is 4.39. The molecule has 0 saturated carbocycles. The Kier molecular flexibility index (Phi) is 15.4. The second-order valence-corrected chi connectivity index (χ2v) is 6.25. The van der Waals surface area contributed by atoms with Gasteiger partial charge in [-0.3, -0.25) is 9.89 Å². The molecule has 0 radical (unpaired) electrons. The number of ether oxygens (including phenoxy) is 1. The van der Waals surface area contributed by atoms with Crippen LogP contribution in [-0.4, -0.2) is 56.8 Å². The van der Waals surface area contributed by atoms with Gasteiger partial charge in [0.25, 0.3) is 0 Å². The zero-order valence-corrected chi connectivity index (χ0v) is 17.4. The van der Waals surface area contributed by atoms with Gasteiger partial charge >= 0.3 is 0 Å². The first kappa shape index (κ1) is 22.9. The van der Waals surface area contributed by atoms with Crippen LogP contribution in [0.25, 0.3) is 0 Å². The van der Waals surface area contributed by atoms with E-state index in [1.807, 2.05) is 0 Å². The molecule has 1 saturated heterocycles. The molecule has 1 aliphatic heterocycles. The molecule has 0 spiro atoms. The van der Waals surface area contributed by atoms with Gasteiger partial charge in [-0.2, -0.15) is 0 Å². The Labute approximate surface area is 159 Å². The lowest BCUT2D eigenvalue weighted by Gasteiger charge is -2.22. The highest BCUT2D eigenvalue weighted by molar-refractivity contribution is 14.0. The molecule has 5 nitrogen and oxygen atoms in total. The van der Waals surface area contributed by atoms with Crippen LogP contribution in [0.1, 0.15) is 58.3 Å². The summed E-state index contributed by atoms with van der Waals surface area (Å²) in [6.45, 7) is 6.96. The molecule has 0 amide bonds. The molecular formula is C17H37IN4O. The highest BCUT2D eigenvalue weighted by Gasteiger charge is 2.23. The van der Waals surface area contributed by atoms with E-state index < -0.39 is 0 Å². The number of hydrogen-bond donors (Lipinski definition) is 2. The molecule has 138 valence electrons. The van der Waals surface area contributed by atoms with Crippen molar-refractivity contribution in [3.05, 3.63) is 0 Å². The van der Waals surface area contributed by atoms with Crippen molar-refractivity contribution in [1.29, 1.82) is 0 Å². The van der Waals surface area contributed by atoms with Gasteiger partial charge in [0.15, 0.2) is 5.96 Å². The zero-order chi connectivity index (χ0) is 16.0. The number of nitrogens with one attached hydrogen (secondary N) is 1. The zero-order valence-electron chi connectivity index (χ0n) is 15.1. The molecule has 0 bridgehead atoms. The maximum atomic E-state index is 5.96. The van der Waals surface area contributed by atoms with Crippen molar-refractivity contribution >= 4 is 29.9 Å². The predicted octanol–water partition coefficient (Wildman–Crippen LogP) is 2.98. The second-order valence-electron chi connectivity index (χ2n) is 6.25. The molecule has 1 unspecified atom stereocenters. The minimum atomic E-state index is 0. The molecule has 3 N–H and O–H groups in total. The highest BCUT2D eigenvalue weighted by atomic mass is 127. The van der Waals surface area contributed by atoms with Crippen LogP contribution in [0.15, 0.2) is 4.99 Å². The average molecular weight is 440 g/mol. The summed E-state index contributed by atoms with van der Waals surface area (Å²) in [4.78, 5) is 6.98. The van der Waals surface area contributed by atoms with Crippen LogP contribution < -0.4 is 11.1 Å². The molecule has 0 aromatic carbocycles. The van der Waals surface area contributed by atoms with E-state index in [0.717, 1.165) is 32.8 Å². The van der Waals surface area contributed by atoms with Gasteiger partial charge in [-0.05, 0) is 25.8 Å². The first-order valence-electron chi connectivity index (χ1n) is 9.04.